The number of rotatable bonds is 5. The lowest BCUT2D eigenvalue weighted by molar-refractivity contribution is 0.108. The zero-order chi connectivity index (χ0) is 14.5. The van der Waals surface area contributed by atoms with Gasteiger partial charge in [-0.3, -0.25) is 0 Å². The molecule has 0 aliphatic carbocycles. The highest BCUT2D eigenvalue weighted by molar-refractivity contribution is 6.30. The van der Waals surface area contributed by atoms with E-state index in [0.717, 1.165) is 5.56 Å². The summed E-state index contributed by atoms with van der Waals surface area (Å²) in [5.41, 5.74) is 3.63. The Bertz CT molecular complexity index is 564. The Labute approximate surface area is 125 Å². The molecule has 1 atom stereocenters. The molecule has 1 unspecified atom stereocenters. The molecule has 0 radical (unpaired) electrons. The van der Waals surface area contributed by atoms with Crippen molar-refractivity contribution in [2.45, 2.75) is 26.4 Å². The molecule has 0 bridgehead atoms. The highest BCUT2D eigenvalue weighted by atomic mass is 35.5. The minimum Gasteiger partial charge on any atom is -0.491 e. The highest BCUT2D eigenvalue weighted by Crippen LogP contribution is 2.16. The first kappa shape index (κ1) is 14.9. The van der Waals surface area contributed by atoms with Gasteiger partial charge in [-0.05, 0) is 54.8 Å². The van der Waals surface area contributed by atoms with Gasteiger partial charge in [0.25, 0.3) is 0 Å². The predicted molar refractivity (Wildman–Crippen MR) is 82.6 cm³/mol. The van der Waals surface area contributed by atoms with E-state index in [2.05, 4.69) is 26.0 Å². The second kappa shape index (κ2) is 6.78. The van der Waals surface area contributed by atoms with Crippen molar-refractivity contribution in [1.29, 1.82) is 0 Å². The van der Waals surface area contributed by atoms with Crippen molar-refractivity contribution in [2.24, 2.45) is 0 Å². The topological polar surface area (TPSA) is 29.5 Å². The minimum atomic E-state index is -0.521. The maximum absolute atomic E-state index is 10.0. The molecule has 0 fully saturated rings. The Kier molecular flexibility index (Phi) is 5.05. The van der Waals surface area contributed by atoms with Crippen LogP contribution < -0.4 is 4.74 Å². The molecule has 1 N–H and O–H groups in total. The Morgan fingerprint density at radius 1 is 1.05 bits per heavy atom. The average molecular weight is 291 g/mol. The maximum Gasteiger partial charge on any atom is 0.119 e. The second-order valence-electron chi connectivity index (χ2n) is 5.04. The van der Waals surface area contributed by atoms with E-state index >= 15 is 0 Å². The lowest BCUT2D eigenvalue weighted by Gasteiger charge is -2.13. The van der Waals surface area contributed by atoms with E-state index in [1.165, 1.54) is 11.1 Å². The molecule has 0 heterocycles. The smallest absolute Gasteiger partial charge is 0.119 e. The third-order valence-corrected chi connectivity index (χ3v) is 3.55. The number of halogens is 1. The van der Waals surface area contributed by atoms with E-state index in [4.69, 9.17) is 16.3 Å². The van der Waals surface area contributed by atoms with Crippen LogP contribution in [0, 0.1) is 13.8 Å². The minimum absolute atomic E-state index is 0.272. The largest absolute Gasteiger partial charge is 0.491 e. The molecule has 0 saturated heterocycles. The molecule has 0 aliphatic rings. The van der Waals surface area contributed by atoms with Crippen molar-refractivity contribution < 1.29 is 9.84 Å². The summed E-state index contributed by atoms with van der Waals surface area (Å²) in [5, 5.41) is 10.7. The van der Waals surface area contributed by atoms with E-state index in [0.29, 0.717) is 17.2 Å². The van der Waals surface area contributed by atoms with Gasteiger partial charge >= 0.3 is 0 Å². The van der Waals surface area contributed by atoms with Crippen molar-refractivity contribution in [1.82, 2.24) is 0 Å². The van der Waals surface area contributed by atoms with Crippen molar-refractivity contribution >= 4 is 11.6 Å². The van der Waals surface area contributed by atoms with Crippen LogP contribution in [-0.4, -0.2) is 17.8 Å². The van der Waals surface area contributed by atoms with Gasteiger partial charge in [0.15, 0.2) is 0 Å². The molecule has 0 saturated carbocycles. The van der Waals surface area contributed by atoms with Gasteiger partial charge in [-0.25, -0.2) is 0 Å². The summed E-state index contributed by atoms with van der Waals surface area (Å²) < 4.78 is 5.54. The van der Waals surface area contributed by atoms with Crippen LogP contribution in [0.4, 0.5) is 0 Å². The molecule has 3 heteroatoms. The lowest BCUT2D eigenvalue weighted by atomic mass is 10.0. The number of aliphatic hydroxyl groups is 1. The number of aliphatic hydroxyl groups excluding tert-OH is 1. The van der Waals surface area contributed by atoms with Gasteiger partial charge in [0.1, 0.15) is 12.4 Å². The van der Waals surface area contributed by atoms with E-state index in [1.54, 1.807) is 24.3 Å². The van der Waals surface area contributed by atoms with Crippen molar-refractivity contribution in [3.8, 4) is 5.75 Å². The van der Waals surface area contributed by atoms with Crippen molar-refractivity contribution in [2.75, 3.05) is 6.61 Å². The van der Waals surface area contributed by atoms with Gasteiger partial charge in [0.05, 0.1) is 6.10 Å². The van der Waals surface area contributed by atoms with Crippen LogP contribution in [0.1, 0.15) is 16.7 Å². The number of hydrogen-bond acceptors (Lipinski definition) is 2. The monoisotopic (exact) mass is 290 g/mol. The maximum atomic E-state index is 10.0. The fourth-order valence-corrected chi connectivity index (χ4v) is 2.11. The van der Waals surface area contributed by atoms with Gasteiger partial charge < -0.3 is 9.84 Å². The summed E-state index contributed by atoms with van der Waals surface area (Å²) in [6.07, 6.45) is 0.0714. The first-order valence-electron chi connectivity index (χ1n) is 6.67. The van der Waals surface area contributed by atoms with Gasteiger partial charge in [0, 0.05) is 11.4 Å². The van der Waals surface area contributed by atoms with E-state index in [1.807, 2.05) is 6.07 Å². The fourth-order valence-electron chi connectivity index (χ4n) is 1.98. The molecule has 106 valence electrons. The van der Waals surface area contributed by atoms with Crippen LogP contribution in [0.5, 0.6) is 5.75 Å². The summed E-state index contributed by atoms with van der Waals surface area (Å²) >= 11 is 5.80. The first-order chi connectivity index (χ1) is 9.54. The SMILES string of the molecule is Cc1ccc(CC(O)COc2ccc(Cl)cc2)cc1C. The Hall–Kier alpha value is -1.51. The van der Waals surface area contributed by atoms with Crippen molar-refractivity contribution in [3.63, 3.8) is 0 Å². The number of hydrogen-bond donors (Lipinski definition) is 1. The summed E-state index contributed by atoms with van der Waals surface area (Å²) in [7, 11) is 0. The molecule has 2 nitrogen and oxygen atoms in total. The second-order valence-corrected chi connectivity index (χ2v) is 5.48. The number of benzene rings is 2. The van der Waals surface area contributed by atoms with Crippen LogP contribution in [0.15, 0.2) is 42.5 Å². The summed E-state index contributed by atoms with van der Waals surface area (Å²) in [6, 6.07) is 13.4. The normalized spacial score (nSPS) is 12.2. The van der Waals surface area contributed by atoms with Crippen LogP contribution in [-0.2, 0) is 6.42 Å². The Morgan fingerprint density at radius 2 is 1.75 bits per heavy atom. The Morgan fingerprint density at radius 3 is 2.40 bits per heavy atom. The molecule has 0 aromatic heterocycles. The summed E-state index contributed by atoms with van der Waals surface area (Å²) in [6.45, 7) is 4.43. The fraction of sp³-hybridized carbons (Fsp3) is 0.294. The first-order valence-corrected chi connectivity index (χ1v) is 7.05. The molecule has 20 heavy (non-hydrogen) atoms. The van der Waals surface area contributed by atoms with Crippen molar-refractivity contribution in [3.05, 3.63) is 64.2 Å². The quantitative estimate of drug-likeness (QED) is 0.904. The zero-order valence-corrected chi connectivity index (χ0v) is 12.5. The van der Waals surface area contributed by atoms with Gasteiger partial charge in [-0.1, -0.05) is 29.8 Å². The van der Waals surface area contributed by atoms with Crippen LogP contribution >= 0.6 is 11.6 Å². The molecule has 2 rings (SSSR count). The number of aryl methyl sites for hydroxylation is 2. The molecular formula is C17H19ClO2. The third-order valence-electron chi connectivity index (χ3n) is 3.30. The third kappa shape index (κ3) is 4.26. The van der Waals surface area contributed by atoms with E-state index in [9.17, 15) is 5.11 Å². The number of ether oxygens (including phenoxy) is 1. The van der Waals surface area contributed by atoms with Gasteiger partial charge in [-0.15, -0.1) is 0 Å². The van der Waals surface area contributed by atoms with Gasteiger partial charge in [0.2, 0.25) is 0 Å². The Balaban J connectivity index is 1.87. The summed E-state index contributed by atoms with van der Waals surface area (Å²) in [5.74, 6) is 0.716. The average Bonchev–Trinajstić information content (AvgIpc) is 2.42. The predicted octanol–water partition coefficient (Wildman–Crippen LogP) is 3.94. The van der Waals surface area contributed by atoms with Crippen LogP contribution in [0.3, 0.4) is 0 Å². The molecular weight excluding hydrogens is 272 g/mol. The van der Waals surface area contributed by atoms with Gasteiger partial charge in [-0.2, -0.15) is 0 Å². The highest BCUT2D eigenvalue weighted by Gasteiger charge is 2.07. The lowest BCUT2D eigenvalue weighted by Crippen LogP contribution is -2.20. The molecule has 0 amide bonds. The molecule has 0 spiro atoms. The molecule has 0 aliphatic heterocycles. The summed E-state index contributed by atoms with van der Waals surface area (Å²) in [4.78, 5) is 0. The standard InChI is InChI=1S/C17H19ClO2/c1-12-3-4-14(9-13(12)2)10-16(19)11-20-17-7-5-15(18)6-8-17/h3-9,16,19H,10-11H2,1-2H3. The van der Waals surface area contributed by atoms with E-state index < -0.39 is 6.10 Å². The zero-order valence-electron chi connectivity index (χ0n) is 11.8. The van der Waals surface area contributed by atoms with E-state index in [-0.39, 0.29) is 6.61 Å². The molecule has 2 aromatic carbocycles. The van der Waals surface area contributed by atoms with Crippen LogP contribution in [0.25, 0.3) is 0 Å². The molecule has 2 aromatic rings. The van der Waals surface area contributed by atoms with Crippen LogP contribution in [0.2, 0.25) is 5.02 Å².